The molecule has 0 bridgehead atoms. The maximum Gasteiger partial charge on any atom is 0.168 e. The molecule has 0 saturated heterocycles. The second-order valence-electron chi connectivity index (χ2n) is 4.59. The van der Waals surface area contributed by atoms with Crippen molar-refractivity contribution in [1.29, 1.82) is 0 Å². The fourth-order valence-corrected chi connectivity index (χ4v) is 5.13. The van der Waals surface area contributed by atoms with Crippen molar-refractivity contribution in [2.45, 2.75) is 6.92 Å². The number of thioether (sulfide) groups is 1. The highest BCUT2D eigenvalue weighted by atomic mass is 35.5. The average Bonchev–Trinajstić information content (AvgIpc) is 3.02. The fraction of sp³-hybridized carbons (Fsp3) is 0.214. The lowest BCUT2D eigenvalue weighted by atomic mass is 10.2. The number of amidine groups is 1. The molecule has 1 aromatic carbocycles. The molecule has 0 unspecified atom stereocenters. The smallest absolute Gasteiger partial charge is 0.168 e. The van der Waals surface area contributed by atoms with Crippen LogP contribution in [0.5, 0.6) is 0 Å². The van der Waals surface area contributed by atoms with Crippen molar-refractivity contribution < 1.29 is 0 Å². The Bertz CT molecular complexity index is 745. The number of thiophene rings is 1. The number of rotatable bonds is 1. The van der Waals surface area contributed by atoms with Crippen LogP contribution >= 0.6 is 34.7 Å². The van der Waals surface area contributed by atoms with Gasteiger partial charge in [0, 0.05) is 26.6 Å². The van der Waals surface area contributed by atoms with E-state index in [-0.39, 0.29) is 0 Å². The molecule has 96 valence electrons. The van der Waals surface area contributed by atoms with Crippen LogP contribution in [0.1, 0.15) is 11.8 Å². The molecule has 0 N–H and O–H groups in total. The zero-order valence-electron chi connectivity index (χ0n) is 10.3. The van der Waals surface area contributed by atoms with Crippen molar-refractivity contribution in [2.75, 3.05) is 13.1 Å². The van der Waals surface area contributed by atoms with Crippen LogP contribution in [0, 0.1) is 0 Å². The Balaban J connectivity index is 1.89. The first-order chi connectivity index (χ1) is 9.24. The van der Waals surface area contributed by atoms with Gasteiger partial charge < -0.3 is 4.90 Å². The van der Waals surface area contributed by atoms with Crippen LogP contribution in [-0.4, -0.2) is 23.2 Å². The molecule has 2 aliphatic heterocycles. The lowest BCUT2D eigenvalue weighted by Gasteiger charge is -2.15. The van der Waals surface area contributed by atoms with Gasteiger partial charge in [-0.15, -0.1) is 11.3 Å². The molecule has 0 atom stereocenters. The van der Waals surface area contributed by atoms with Gasteiger partial charge in [-0.05, 0) is 25.1 Å². The third-order valence-corrected chi connectivity index (χ3v) is 5.86. The molecule has 3 heterocycles. The molecule has 4 rings (SSSR count). The van der Waals surface area contributed by atoms with E-state index in [9.17, 15) is 0 Å². The summed E-state index contributed by atoms with van der Waals surface area (Å²) in [6.07, 6.45) is 0. The summed E-state index contributed by atoms with van der Waals surface area (Å²) in [6, 6.07) is 8.31. The Hall–Kier alpha value is -0.970. The molecule has 5 heteroatoms. The zero-order chi connectivity index (χ0) is 13.0. The number of halogens is 1. The Kier molecular flexibility index (Phi) is 2.65. The van der Waals surface area contributed by atoms with Gasteiger partial charge in [-0.2, -0.15) is 0 Å². The minimum Gasteiger partial charge on any atom is -0.317 e. The highest BCUT2D eigenvalue weighted by Gasteiger charge is 2.31. The highest BCUT2D eigenvalue weighted by molar-refractivity contribution is 8.17. The van der Waals surface area contributed by atoms with Gasteiger partial charge in [0.15, 0.2) is 5.17 Å². The van der Waals surface area contributed by atoms with E-state index in [4.69, 9.17) is 11.6 Å². The summed E-state index contributed by atoms with van der Waals surface area (Å²) in [5.74, 6) is 0. The van der Waals surface area contributed by atoms with Crippen LogP contribution in [0.15, 0.2) is 34.2 Å². The Morgan fingerprint density at radius 2 is 2.26 bits per heavy atom. The summed E-state index contributed by atoms with van der Waals surface area (Å²) in [5, 5.41) is 3.13. The predicted molar refractivity (Wildman–Crippen MR) is 86.0 cm³/mol. The zero-order valence-corrected chi connectivity index (χ0v) is 12.7. The van der Waals surface area contributed by atoms with E-state index in [2.05, 4.69) is 28.9 Å². The second-order valence-corrected chi connectivity index (χ2v) is 7.26. The van der Waals surface area contributed by atoms with Crippen molar-refractivity contribution in [3.63, 3.8) is 0 Å². The maximum atomic E-state index is 6.27. The van der Waals surface area contributed by atoms with E-state index in [0.717, 1.165) is 28.7 Å². The fourth-order valence-electron chi connectivity index (χ4n) is 2.55. The van der Waals surface area contributed by atoms with E-state index >= 15 is 0 Å². The van der Waals surface area contributed by atoms with E-state index in [1.807, 2.05) is 23.5 Å². The number of hydrogen-bond donors (Lipinski definition) is 0. The van der Waals surface area contributed by atoms with Gasteiger partial charge in [-0.3, -0.25) is 4.99 Å². The third-order valence-electron chi connectivity index (χ3n) is 3.39. The number of benzene rings is 1. The normalized spacial score (nSPS) is 18.4. The first-order valence-corrected chi connectivity index (χ1v) is 8.14. The summed E-state index contributed by atoms with van der Waals surface area (Å²) in [6.45, 7) is 4.08. The molecular formula is C14H11ClN2S2. The summed E-state index contributed by atoms with van der Waals surface area (Å²) < 4.78 is 1.25. The molecule has 0 saturated carbocycles. The van der Waals surface area contributed by atoms with Gasteiger partial charge in [0.25, 0.3) is 0 Å². The number of allylic oxidation sites excluding steroid dienone is 1. The van der Waals surface area contributed by atoms with Gasteiger partial charge in [-0.25, -0.2) is 0 Å². The molecule has 0 spiro atoms. The van der Waals surface area contributed by atoms with Gasteiger partial charge in [-0.1, -0.05) is 29.4 Å². The van der Waals surface area contributed by atoms with E-state index in [0.29, 0.717) is 0 Å². The van der Waals surface area contributed by atoms with Crippen LogP contribution in [0.25, 0.3) is 15.8 Å². The number of nitrogens with zero attached hydrogens (tertiary/aromatic N) is 2. The topological polar surface area (TPSA) is 15.6 Å². The van der Waals surface area contributed by atoms with Crippen LogP contribution in [-0.2, 0) is 0 Å². The minimum absolute atomic E-state index is 0.833. The van der Waals surface area contributed by atoms with Crippen molar-refractivity contribution in [1.82, 2.24) is 4.90 Å². The molecule has 0 aliphatic carbocycles. The SMILES string of the molecule is CC1=C(c2cc3c(Cl)cccc3s2)N2CCN=C2S1. The van der Waals surface area contributed by atoms with Crippen molar-refractivity contribution >= 4 is 55.7 Å². The van der Waals surface area contributed by atoms with E-state index in [1.165, 1.54) is 20.2 Å². The van der Waals surface area contributed by atoms with Crippen LogP contribution in [0.4, 0.5) is 0 Å². The Morgan fingerprint density at radius 3 is 3.11 bits per heavy atom. The molecular weight excluding hydrogens is 296 g/mol. The summed E-state index contributed by atoms with van der Waals surface area (Å²) >= 11 is 9.86. The first-order valence-electron chi connectivity index (χ1n) is 6.13. The molecule has 0 amide bonds. The van der Waals surface area contributed by atoms with E-state index < -0.39 is 0 Å². The number of hydrogen-bond acceptors (Lipinski definition) is 4. The molecule has 1 aromatic heterocycles. The third kappa shape index (κ3) is 1.74. The summed E-state index contributed by atoms with van der Waals surface area (Å²) in [4.78, 5) is 9.50. The Morgan fingerprint density at radius 1 is 1.37 bits per heavy atom. The highest BCUT2D eigenvalue weighted by Crippen LogP contribution is 2.45. The van der Waals surface area contributed by atoms with E-state index in [1.54, 1.807) is 11.8 Å². The summed E-state index contributed by atoms with van der Waals surface area (Å²) in [5.41, 5.74) is 1.32. The maximum absolute atomic E-state index is 6.27. The molecule has 19 heavy (non-hydrogen) atoms. The van der Waals surface area contributed by atoms with Crippen LogP contribution in [0.3, 0.4) is 0 Å². The molecule has 2 aliphatic rings. The molecule has 0 fully saturated rings. The van der Waals surface area contributed by atoms with Crippen molar-refractivity contribution in [3.8, 4) is 0 Å². The van der Waals surface area contributed by atoms with Crippen LogP contribution < -0.4 is 0 Å². The van der Waals surface area contributed by atoms with Gasteiger partial charge in [0.2, 0.25) is 0 Å². The summed E-state index contributed by atoms with van der Waals surface area (Å²) in [7, 11) is 0. The monoisotopic (exact) mass is 306 g/mol. The quantitative estimate of drug-likeness (QED) is 0.761. The average molecular weight is 307 g/mol. The molecule has 2 nitrogen and oxygen atoms in total. The lowest BCUT2D eigenvalue weighted by Crippen LogP contribution is -2.19. The predicted octanol–water partition coefficient (Wildman–Crippen LogP) is 4.66. The number of aliphatic imine (C=N–C) groups is 1. The molecule has 0 radical (unpaired) electrons. The Labute approximate surface area is 124 Å². The van der Waals surface area contributed by atoms with Crippen molar-refractivity contribution in [2.24, 2.45) is 4.99 Å². The van der Waals surface area contributed by atoms with Gasteiger partial charge >= 0.3 is 0 Å². The largest absolute Gasteiger partial charge is 0.317 e. The minimum atomic E-state index is 0.833. The first kappa shape index (κ1) is 11.8. The lowest BCUT2D eigenvalue weighted by molar-refractivity contribution is 0.649. The number of fused-ring (bicyclic) bond motifs is 2. The van der Waals surface area contributed by atoms with Crippen LogP contribution in [0.2, 0.25) is 5.02 Å². The second kappa shape index (κ2) is 4.27. The van der Waals surface area contributed by atoms with Gasteiger partial charge in [0.05, 0.1) is 17.1 Å². The standard InChI is InChI=1S/C14H11ClN2S2/c1-8-13(17-6-5-16-14(17)18-8)12-7-9-10(15)3-2-4-11(9)19-12/h2-4,7H,5-6H2,1H3. The van der Waals surface area contributed by atoms with Crippen molar-refractivity contribution in [3.05, 3.63) is 39.1 Å². The van der Waals surface area contributed by atoms with Gasteiger partial charge in [0.1, 0.15) is 0 Å². The molecule has 2 aromatic rings.